The predicted molar refractivity (Wildman–Crippen MR) is 61.2 cm³/mol. The molecule has 1 aromatic carbocycles. The van der Waals surface area contributed by atoms with E-state index >= 15 is 0 Å². The Morgan fingerprint density at radius 3 is 2.15 bits per heavy atom. The van der Waals surface area contributed by atoms with Gasteiger partial charge in [-0.25, -0.2) is 0 Å². The molecule has 0 aliphatic rings. The van der Waals surface area contributed by atoms with Crippen LogP contribution in [0.4, 0.5) is 0 Å². The fourth-order valence-electron chi connectivity index (χ4n) is 0.924. The predicted octanol–water partition coefficient (Wildman–Crippen LogP) is 2.40. The highest BCUT2D eigenvalue weighted by molar-refractivity contribution is 5.85. The first-order valence-electron chi connectivity index (χ1n) is 3.66. The summed E-state index contributed by atoms with van der Waals surface area (Å²) < 4.78 is 0. The molecule has 0 bridgehead atoms. The van der Waals surface area contributed by atoms with Crippen LogP contribution in [0, 0.1) is 5.41 Å². The molecule has 0 unspecified atom stereocenters. The molecule has 0 saturated carbocycles. The van der Waals surface area contributed by atoms with E-state index in [1.165, 1.54) is 5.56 Å². The van der Waals surface area contributed by atoms with Gasteiger partial charge in [-0.1, -0.05) is 30.3 Å². The number of amidine groups is 1. The molecule has 2 nitrogen and oxygen atoms in total. The lowest BCUT2D eigenvalue weighted by Gasteiger charge is -1.97. The van der Waals surface area contributed by atoms with Crippen molar-refractivity contribution in [2.45, 2.75) is 12.8 Å². The van der Waals surface area contributed by atoms with Gasteiger partial charge in [0.1, 0.15) is 0 Å². The summed E-state index contributed by atoms with van der Waals surface area (Å²) in [6.07, 6.45) is 1.53. The Morgan fingerprint density at radius 2 is 1.69 bits per heavy atom. The van der Waals surface area contributed by atoms with Gasteiger partial charge in [0, 0.05) is 6.42 Å². The molecule has 0 aromatic heterocycles. The summed E-state index contributed by atoms with van der Waals surface area (Å²) in [4.78, 5) is 0. The number of halogens is 2. The number of hydrogen-bond donors (Lipinski definition) is 2. The van der Waals surface area contributed by atoms with Crippen molar-refractivity contribution in [2.24, 2.45) is 5.73 Å². The van der Waals surface area contributed by atoms with E-state index in [9.17, 15) is 0 Å². The van der Waals surface area contributed by atoms with E-state index < -0.39 is 0 Å². The second kappa shape index (κ2) is 7.90. The van der Waals surface area contributed by atoms with Gasteiger partial charge in [0.05, 0.1) is 5.84 Å². The fourth-order valence-corrected chi connectivity index (χ4v) is 0.924. The Hall–Kier alpha value is -0.730. The largest absolute Gasteiger partial charge is 0.388 e. The number of rotatable bonds is 3. The highest BCUT2D eigenvalue weighted by atomic mass is 35.5. The Bertz CT molecular complexity index is 237. The Morgan fingerprint density at radius 1 is 1.15 bits per heavy atom. The topological polar surface area (TPSA) is 49.9 Å². The van der Waals surface area contributed by atoms with Gasteiger partial charge >= 0.3 is 0 Å². The van der Waals surface area contributed by atoms with Crippen molar-refractivity contribution in [3.8, 4) is 0 Å². The number of hydrogen-bond acceptors (Lipinski definition) is 1. The van der Waals surface area contributed by atoms with Gasteiger partial charge < -0.3 is 5.73 Å². The summed E-state index contributed by atoms with van der Waals surface area (Å²) in [7, 11) is 0. The SMILES string of the molecule is Cl.Cl.N=C(N)CCc1ccccc1. The molecule has 13 heavy (non-hydrogen) atoms. The normalized spacial score (nSPS) is 8.00. The maximum Gasteiger partial charge on any atom is 0.0908 e. The van der Waals surface area contributed by atoms with Crippen molar-refractivity contribution >= 4 is 30.6 Å². The Labute approximate surface area is 90.9 Å². The molecular weight excluding hydrogens is 207 g/mol. The van der Waals surface area contributed by atoms with Crippen molar-refractivity contribution < 1.29 is 0 Å². The molecule has 4 heteroatoms. The summed E-state index contributed by atoms with van der Waals surface area (Å²) in [5, 5.41) is 7.02. The molecule has 0 aliphatic heterocycles. The van der Waals surface area contributed by atoms with E-state index in [4.69, 9.17) is 11.1 Å². The molecule has 0 fully saturated rings. The molecule has 0 saturated heterocycles. The first-order valence-corrected chi connectivity index (χ1v) is 3.66. The van der Waals surface area contributed by atoms with Crippen molar-refractivity contribution in [3.63, 3.8) is 0 Å². The van der Waals surface area contributed by atoms with E-state index in [-0.39, 0.29) is 30.6 Å². The van der Waals surface area contributed by atoms with Crippen LogP contribution in [0.1, 0.15) is 12.0 Å². The maximum absolute atomic E-state index is 7.02. The minimum absolute atomic E-state index is 0. The van der Waals surface area contributed by atoms with E-state index in [1.54, 1.807) is 0 Å². The van der Waals surface area contributed by atoms with E-state index in [0.29, 0.717) is 6.42 Å². The Balaban J connectivity index is 0. The molecule has 0 atom stereocenters. The van der Waals surface area contributed by atoms with Crippen LogP contribution in [0.15, 0.2) is 30.3 Å². The van der Waals surface area contributed by atoms with Gasteiger partial charge in [-0.15, -0.1) is 24.8 Å². The average Bonchev–Trinajstić information content (AvgIpc) is 2.03. The van der Waals surface area contributed by atoms with Crippen LogP contribution in [0.2, 0.25) is 0 Å². The molecule has 0 radical (unpaired) electrons. The smallest absolute Gasteiger partial charge is 0.0908 e. The maximum atomic E-state index is 7.02. The number of aryl methyl sites for hydroxylation is 1. The van der Waals surface area contributed by atoms with Crippen molar-refractivity contribution in [1.82, 2.24) is 0 Å². The number of nitrogens with two attached hydrogens (primary N) is 1. The van der Waals surface area contributed by atoms with E-state index in [1.807, 2.05) is 30.3 Å². The number of benzene rings is 1. The Kier molecular flexibility index (Phi) is 8.97. The van der Waals surface area contributed by atoms with Crippen molar-refractivity contribution in [1.29, 1.82) is 5.41 Å². The molecular formula is C9H14Cl2N2. The molecule has 1 rings (SSSR count). The second-order valence-corrected chi connectivity index (χ2v) is 2.51. The van der Waals surface area contributed by atoms with E-state index in [2.05, 4.69) is 0 Å². The van der Waals surface area contributed by atoms with Crippen LogP contribution < -0.4 is 5.73 Å². The first kappa shape index (κ1) is 14.8. The van der Waals surface area contributed by atoms with Gasteiger partial charge in [0.2, 0.25) is 0 Å². The zero-order valence-corrected chi connectivity index (χ0v) is 8.83. The summed E-state index contributed by atoms with van der Waals surface area (Å²) in [6.45, 7) is 0. The summed E-state index contributed by atoms with van der Waals surface area (Å²) in [6, 6.07) is 10.1. The molecule has 74 valence electrons. The van der Waals surface area contributed by atoms with E-state index in [0.717, 1.165) is 6.42 Å². The monoisotopic (exact) mass is 220 g/mol. The van der Waals surface area contributed by atoms with Gasteiger partial charge in [-0.05, 0) is 12.0 Å². The highest BCUT2D eigenvalue weighted by Crippen LogP contribution is 2.01. The molecule has 0 aliphatic carbocycles. The summed E-state index contributed by atoms with van der Waals surface area (Å²) in [5.74, 6) is 0.258. The molecule has 0 heterocycles. The van der Waals surface area contributed by atoms with Gasteiger partial charge in [0.25, 0.3) is 0 Å². The van der Waals surface area contributed by atoms with Crippen LogP contribution in [-0.2, 0) is 6.42 Å². The molecule has 1 aromatic rings. The summed E-state index contributed by atoms with van der Waals surface area (Å²) >= 11 is 0. The van der Waals surface area contributed by atoms with Gasteiger partial charge in [-0.3, -0.25) is 5.41 Å². The van der Waals surface area contributed by atoms with Gasteiger partial charge in [-0.2, -0.15) is 0 Å². The van der Waals surface area contributed by atoms with Crippen LogP contribution >= 0.6 is 24.8 Å². The van der Waals surface area contributed by atoms with Gasteiger partial charge in [0.15, 0.2) is 0 Å². The minimum atomic E-state index is 0. The molecule has 3 N–H and O–H groups in total. The second-order valence-electron chi connectivity index (χ2n) is 2.51. The standard InChI is InChI=1S/C9H12N2.2ClH/c10-9(11)7-6-8-4-2-1-3-5-8;;/h1-5H,6-7H2,(H3,10,11);2*1H. The van der Waals surface area contributed by atoms with Crippen LogP contribution in [0.5, 0.6) is 0 Å². The quantitative estimate of drug-likeness (QED) is 0.597. The number of nitrogens with one attached hydrogen (secondary N) is 1. The summed E-state index contributed by atoms with van der Waals surface area (Å²) in [5.41, 5.74) is 6.46. The minimum Gasteiger partial charge on any atom is -0.388 e. The zero-order valence-electron chi connectivity index (χ0n) is 7.19. The first-order chi connectivity index (χ1) is 5.29. The average molecular weight is 221 g/mol. The third kappa shape index (κ3) is 6.43. The lowest BCUT2D eigenvalue weighted by molar-refractivity contribution is 1.02. The highest BCUT2D eigenvalue weighted by Gasteiger charge is 1.91. The fraction of sp³-hybridized carbons (Fsp3) is 0.222. The lowest BCUT2D eigenvalue weighted by atomic mass is 10.1. The van der Waals surface area contributed by atoms with Crippen LogP contribution in [0.3, 0.4) is 0 Å². The van der Waals surface area contributed by atoms with Crippen molar-refractivity contribution in [3.05, 3.63) is 35.9 Å². The van der Waals surface area contributed by atoms with Crippen molar-refractivity contribution in [2.75, 3.05) is 0 Å². The lowest BCUT2D eigenvalue weighted by Crippen LogP contribution is -2.09. The molecule has 0 spiro atoms. The molecule has 0 amide bonds. The third-order valence-corrected chi connectivity index (χ3v) is 1.53. The third-order valence-electron chi connectivity index (χ3n) is 1.53. The zero-order chi connectivity index (χ0) is 8.10. The van der Waals surface area contributed by atoms with Crippen LogP contribution in [0.25, 0.3) is 0 Å². The van der Waals surface area contributed by atoms with Crippen LogP contribution in [-0.4, -0.2) is 5.84 Å².